The van der Waals surface area contributed by atoms with Gasteiger partial charge in [0.25, 0.3) is 0 Å². The van der Waals surface area contributed by atoms with Crippen LogP contribution in [0.5, 0.6) is 0 Å². The van der Waals surface area contributed by atoms with E-state index in [1.165, 1.54) is 0 Å². The molecule has 1 aromatic heterocycles. The van der Waals surface area contributed by atoms with Crippen LogP contribution in [0.25, 0.3) is 0 Å². The van der Waals surface area contributed by atoms with Crippen molar-refractivity contribution in [3.63, 3.8) is 0 Å². The minimum atomic E-state index is -0.109. The molecule has 17 heavy (non-hydrogen) atoms. The lowest BCUT2D eigenvalue weighted by molar-refractivity contribution is -0.119. The molecule has 1 atom stereocenters. The van der Waals surface area contributed by atoms with Gasteiger partial charge in [-0.3, -0.25) is 4.79 Å². The first-order valence-electron chi connectivity index (χ1n) is 5.66. The fraction of sp³-hybridized carbons (Fsp3) is 0.214. The van der Waals surface area contributed by atoms with Crippen LogP contribution >= 0.6 is 0 Å². The molecule has 0 spiro atoms. The quantitative estimate of drug-likeness (QED) is 0.790. The molecule has 0 fully saturated rings. The first kappa shape index (κ1) is 10.1. The highest BCUT2D eigenvalue weighted by atomic mass is 16.3. The number of likely N-dealkylation sites (N-methyl/N-ethyl adjacent to an activating group) is 1. The Kier molecular flexibility index (Phi) is 2.25. The standard InChI is InChI=1S/C14H13NO2/c1-15-13-7-3-2-6-11(13)12(14(15)16)9-10-5-4-8-17-10/h2-8,12H,9H2,1H3. The highest BCUT2D eigenvalue weighted by molar-refractivity contribution is 6.04. The Morgan fingerprint density at radius 2 is 2.06 bits per heavy atom. The summed E-state index contributed by atoms with van der Waals surface area (Å²) in [5.41, 5.74) is 2.10. The van der Waals surface area contributed by atoms with E-state index in [4.69, 9.17) is 4.42 Å². The molecule has 3 rings (SSSR count). The highest BCUT2D eigenvalue weighted by Gasteiger charge is 2.35. The Hall–Kier alpha value is -2.03. The van der Waals surface area contributed by atoms with Gasteiger partial charge >= 0.3 is 0 Å². The molecule has 0 radical (unpaired) electrons. The summed E-state index contributed by atoms with van der Waals surface area (Å²) in [6, 6.07) is 11.7. The molecule has 0 saturated carbocycles. The van der Waals surface area contributed by atoms with Crippen molar-refractivity contribution in [2.45, 2.75) is 12.3 Å². The number of hydrogen-bond acceptors (Lipinski definition) is 2. The fourth-order valence-electron chi connectivity index (χ4n) is 2.40. The van der Waals surface area contributed by atoms with E-state index in [-0.39, 0.29) is 11.8 Å². The third kappa shape index (κ3) is 1.55. The van der Waals surface area contributed by atoms with E-state index in [2.05, 4.69) is 0 Å². The SMILES string of the molecule is CN1C(=O)C(Cc2ccco2)c2ccccc21. The summed E-state index contributed by atoms with van der Waals surface area (Å²) in [4.78, 5) is 13.9. The third-order valence-corrected chi connectivity index (χ3v) is 3.29. The van der Waals surface area contributed by atoms with E-state index in [0.29, 0.717) is 6.42 Å². The normalized spacial score (nSPS) is 18.5. The number of nitrogens with zero attached hydrogens (tertiary/aromatic N) is 1. The number of anilines is 1. The van der Waals surface area contributed by atoms with Crippen LogP contribution in [0.15, 0.2) is 47.1 Å². The van der Waals surface area contributed by atoms with E-state index < -0.39 is 0 Å². The fourth-order valence-corrected chi connectivity index (χ4v) is 2.40. The van der Waals surface area contributed by atoms with Crippen LogP contribution in [0, 0.1) is 0 Å². The molecule has 1 aliphatic heterocycles. The zero-order valence-electron chi connectivity index (χ0n) is 9.59. The number of hydrogen-bond donors (Lipinski definition) is 0. The number of carbonyl (C=O) groups excluding carboxylic acids is 1. The van der Waals surface area contributed by atoms with Gasteiger partial charge in [0, 0.05) is 19.2 Å². The molecule has 0 aliphatic carbocycles. The molecule has 1 unspecified atom stereocenters. The monoisotopic (exact) mass is 227 g/mol. The molecule has 1 amide bonds. The zero-order chi connectivity index (χ0) is 11.8. The second-order valence-corrected chi connectivity index (χ2v) is 4.29. The number of para-hydroxylation sites is 1. The number of rotatable bonds is 2. The Labute approximate surface area is 99.7 Å². The predicted octanol–water partition coefficient (Wildman–Crippen LogP) is 2.58. The number of furan rings is 1. The molecule has 2 aromatic rings. The average molecular weight is 227 g/mol. The number of carbonyl (C=O) groups is 1. The van der Waals surface area contributed by atoms with Gasteiger partial charge in [-0.05, 0) is 23.8 Å². The largest absolute Gasteiger partial charge is 0.469 e. The smallest absolute Gasteiger partial charge is 0.234 e. The Balaban J connectivity index is 1.98. The van der Waals surface area contributed by atoms with Crippen LogP contribution in [0.4, 0.5) is 5.69 Å². The summed E-state index contributed by atoms with van der Waals surface area (Å²) < 4.78 is 5.32. The van der Waals surface area contributed by atoms with Crippen molar-refractivity contribution < 1.29 is 9.21 Å². The van der Waals surface area contributed by atoms with Gasteiger partial charge in [0.05, 0.1) is 12.2 Å². The molecule has 2 heterocycles. The van der Waals surface area contributed by atoms with E-state index in [1.807, 2.05) is 43.4 Å². The van der Waals surface area contributed by atoms with Gasteiger partial charge < -0.3 is 9.32 Å². The van der Waals surface area contributed by atoms with E-state index >= 15 is 0 Å². The van der Waals surface area contributed by atoms with Crippen LogP contribution in [-0.2, 0) is 11.2 Å². The van der Waals surface area contributed by atoms with Crippen LogP contribution < -0.4 is 4.90 Å². The molecule has 0 saturated heterocycles. The Morgan fingerprint density at radius 3 is 2.82 bits per heavy atom. The number of amides is 1. The molecule has 3 heteroatoms. The van der Waals surface area contributed by atoms with Crippen molar-refractivity contribution in [3.8, 4) is 0 Å². The summed E-state index contributed by atoms with van der Waals surface area (Å²) in [7, 11) is 1.82. The predicted molar refractivity (Wildman–Crippen MR) is 65.0 cm³/mol. The minimum Gasteiger partial charge on any atom is -0.469 e. The lowest BCUT2D eigenvalue weighted by Crippen LogP contribution is -2.24. The summed E-state index contributed by atoms with van der Waals surface area (Å²) >= 11 is 0. The Bertz CT molecular complexity index is 545. The molecule has 86 valence electrons. The maximum Gasteiger partial charge on any atom is 0.234 e. The molecule has 3 nitrogen and oxygen atoms in total. The van der Waals surface area contributed by atoms with Gasteiger partial charge in [-0.2, -0.15) is 0 Å². The maximum atomic E-state index is 12.2. The van der Waals surface area contributed by atoms with Gasteiger partial charge in [0.1, 0.15) is 5.76 Å². The van der Waals surface area contributed by atoms with Crippen LogP contribution in [-0.4, -0.2) is 13.0 Å². The topological polar surface area (TPSA) is 33.5 Å². The summed E-state index contributed by atoms with van der Waals surface area (Å²) in [6.45, 7) is 0. The zero-order valence-corrected chi connectivity index (χ0v) is 9.59. The van der Waals surface area contributed by atoms with Gasteiger partial charge in [-0.1, -0.05) is 18.2 Å². The average Bonchev–Trinajstić information content (AvgIpc) is 2.94. The molecular formula is C14H13NO2. The van der Waals surface area contributed by atoms with Crippen molar-refractivity contribution in [3.05, 3.63) is 54.0 Å². The van der Waals surface area contributed by atoms with Crippen molar-refractivity contribution >= 4 is 11.6 Å². The van der Waals surface area contributed by atoms with Gasteiger partial charge in [0.15, 0.2) is 0 Å². The molecule has 0 N–H and O–H groups in total. The maximum absolute atomic E-state index is 12.2. The van der Waals surface area contributed by atoms with Gasteiger partial charge in [-0.25, -0.2) is 0 Å². The van der Waals surface area contributed by atoms with Crippen molar-refractivity contribution in [1.29, 1.82) is 0 Å². The highest BCUT2D eigenvalue weighted by Crippen LogP contribution is 2.37. The number of fused-ring (bicyclic) bond motifs is 1. The van der Waals surface area contributed by atoms with E-state index in [9.17, 15) is 4.79 Å². The molecule has 0 bridgehead atoms. The molecular weight excluding hydrogens is 214 g/mol. The lowest BCUT2D eigenvalue weighted by Gasteiger charge is -2.10. The van der Waals surface area contributed by atoms with Gasteiger partial charge in [-0.15, -0.1) is 0 Å². The van der Waals surface area contributed by atoms with Crippen LogP contribution in [0.3, 0.4) is 0 Å². The Morgan fingerprint density at radius 1 is 1.24 bits per heavy atom. The van der Waals surface area contributed by atoms with Crippen LogP contribution in [0.2, 0.25) is 0 Å². The van der Waals surface area contributed by atoms with Crippen LogP contribution in [0.1, 0.15) is 17.2 Å². The van der Waals surface area contributed by atoms with Crippen molar-refractivity contribution in [1.82, 2.24) is 0 Å². The first-order chi connectivity index (χ1) is 8.27. The van der Waals surface area contributed by atoms with E-state index in [1.54, 1.807) is 11.2 Å². The first-order valence-corrected chi connectivity index (χ1v) is 5.66. The third-order valence-electron chi connectivity index (χ3n) is 3.29. The summed E-state index contributed by atoms with van der Waals surface area (Å²) in [6.07, 6.45) is 2.28. The number of benzene rings is 1. The summed E-state index contributed by atoms with van der Waals surface area (Å²) in [5, 5.41) is 0. The summed E-state index contributed by atoms with van der Waals surface area (Å²) in [5.74, 6) is 0.887. The van der Waals surface area contributed by atoms with Crippen molar-refractivity contribution in [2.75, 3.05) is 11.9 Å². The second-order valence-electron chi connectivity index (χ2n) is 4.29. The van der Waals surface area contributed by atoms with Gasteiger partial charge in [0.2, 0.25) is 5.91 Å². The second kappa shape index (κ2) is 3.77. The van der Waals surface area contributed by atoms with Crippen molar-refractivity contribution in [2.24, 2.45) is 0 Å². The lowest BCUT2D eigenvalue weighted by atomic mass is 9.96. The van der Waals surface area contributed by atoms with E-state index in [0.717, 1.165) is 17.0 Å². The molecule has 1 aliphatic rings. The minimum absolute atomic E-state index is 0.109. The molecule has 1 aromatic carbocycles.